The third-order valence-corrected chi connectivity index (χ3v) is 6.08. The number of benzene rings is 4. The molecule has 4 aromatic rings. The molecule has 2 unspecified atom stereocenters. The van der Waals surface area contributed by atoms with Gasteiger partial charge in [-0.05, 0) is 47.5 Å². The summed E-state index contributed by atoms with van der Waals surface area (Å²) in [5, 5.41) is 19.9. The number of hydrogen-bond acceptors (Lipinski definition) is 8. The Hall–Kier alpha value is -6.19. The summed E-state index contributed by atoms with van der Waals surface area (Å²) in [4.78, 5) is 33.2. The van der Waals surface area contributed by atoms with Gasteiger partial charge in [-0.15, -0.1) is 5.73 Å². The van der Waals surface area contributed by atoms with Gasteiger partial charge in [-0.1, -0.05) is 90.7 Å². The van der Waals surface area contributed by atoms with E-state index in [2.05, 4.69) is 24.2 Å². The van der Waals surface area contributed by atoms with Crippen molar-refractivity contribution >= 4 is 29.2 Å². The molecule has 4 aromatic carbocycles. The highest BCUT2D eigenvalue weighted by Crippen LogP contribution is 2.37. The van der Waals surface area contributed by atoms with Crippen molar-refractivity contribution in [3.63, 3.8) is 0 Å². The van der Waals surface area contributed by atoms with Crippen LogP contribution in [0.25, 0.3) is 0 Å². The van der Waals surface area contributed by atoms with Crippen LogP contribution in [0.3, 0.4) is 0 Å². The quantitative estimate of drug-likeness (QED) is 0.112. The van der Waals surface area contributed by atoms with Crippen molar-refractivity contribution in [2.45, 2.75) is 74.4 Å². The van der Waals surface area contributed by atoms with E-state index in [4.69, 9.17) is 34.9 Å². The number of carboxylic acids is 2. The van der Waals surface area contributed by atoms with Gasteiger partial charge in [-0.3, -0.25) is 14.4 Å². The molecule has 0 saturated heterocycles. The van der Waals surface area contributed by atoms with Gasteiger partial charge in [0.25, 0.3) is 5.91 Å². The molecule has 0 aromatic heterocycles. The summed E-state index contributed by atoms with van der Waals surface area (Å²) < 4.78 is 21.4. The van der Waals surface area contributed by atoms with E-state index in [1.54, 1.807) is 73.7 Å². The summed E-state index contributed by atoms with van der Waals surface area (Å²) in [6, 6.07) is 26.2. The summed E-state index contributed by atoms with van der Waals surface area (Å²) in [6.45, 7) is 17.9. The zero-order chi connectivity index (χ0) is 38.3. The number of nitrogens with two attached hydrogens (primary N) is 1. The maximum absolute atomic E-state index is 12.3. The number of hydrogen-bond donors (Lipinski definition) is 4. The number of ether oxygens (including phenoxy) is 4. The average molecular weight is 717 g/mol. The molecule has 11 heteroatoms. The number of nitrogen functional groups attached to an aromatic ring is 1. The summed E-state index contributed by atoms with van der Waals surface area (Å²) in [7, 11) is 0. The summed E-state index contributed by atoms with van der Waals surface area (Å²) in [5.74, 6) is 0.681. The second-order valence-electron chi connectivity index (χ2n) is 10.0. The van der Waals surface area contributed by atoms with Gasteiger partial charge in [0.05, 0.1) is 12.8 Å². The van der Waals surface area contributed by atoms with Gasteiger partial charge in [-0.25, -0.2) is 0 Å². The van der Waals surface area contributed by atoms with Crippen LogP contribution in [-0.2, 0) is 22.4 Å². The molecule has 0 saturated carbocycles. The fourth-order valence-electron chi connectivity index (χ4n) is 4.22. The predicted octanol–water partition coefficient (Wildman–Crippen LogP) is 9.03. The Labute approximate surface area is 307 Å². The first-order chi connectivity index (χ1) is 24.5. The van der Waals surface area contributed by atoms with Crippen molar-refractivity contribution in [3.8, 4) is 23.0 Å². The van der Waals surface area contributed by atoms with E-state index < -0.39 is 11.9 Å². The van der Waals surface area contributed by atoms with Gasteiger partial charge in [0.2, 0.25) is 12.6 Å². The number of fused-ring (bicyclic) bond motifs is 2. The highest BCUT2D eigenvalue weighted by Gasteiger charge is 2.21. The predicted molar refractivity (Wildman–Crippen MR) is 206 cm³/mol. The molecule has 2 heterocycles. The maximum Gasteiger partial charge on any atom is 0.307 e. The summed E-state index contributed by atoms with van der Waals surface area (Å²) >= 11 is 0. The zero-order valence-electron chi connectivity index (χ0n) is 30.0. The molecule has 52 heavy (non-hydrogen) atoms. The Kier molecular flexibility index (Phi) is 21.9. The molecular weight excluding hydrogens is 664 g/mol. The standard InChI is InChI=1S/C17H15NO5.C8H9NO2.C8H8O2.C3H4.2C2H6.CH4/c1-10-22-14-6-5-13(9-15(14)23-10)18-17(21)12-4-2-3-11(7-12)8-16(19)20;1-5-10-7-3-2-6(9)4-8(7)11-5;9-8(10)6-7-4-2-1-3-5-7;1-3-2;2*1-2;/h2-7,9-10H,8H2,1H3,(H,18,21)(H,19,20);2-5H,9H2,1H3;1-5H,6H2,(H,9,10);1-2H2;2*1-2H3;1H4. The minimum absolute atomic E-state index is 0. The smallest absolute Gasteiger partial charge is 0.307 e. The van der Waals surface area contributed by atoms with Crippen LogP contribution >= 0.6 is 0 Å². The molecule has 2 atom stereocenters. The van der Waals surface area contributed by atoms with Crippen LogP contribution in [0.5, 0.6) is 23.0 Å². The van der Waals surface area contributed by atoms with E-state index in [0.29, 0.717) is 34.0 Å². The number of carbonyl (C=O) groups excluding carboxylic acids is 1. The fraction of sp³-hybridized carbons (Fsp3) is 0.268. The second kappa shape index (κ2) is 24.9. The Bertz CT molecular complexity index is 1720. The first kappa shape index (κ1) is 45.8. The van der Waals surface area contributed by atoms with Crippen LogP contribution in [0.1, 0.15) is 70.5 Å². The monoisotopic (exact) mass is 716 g/mol. The molecule has 1 amide bonds. The van der Waals surface area contributed by atoms with E-state index in [1.165, 1.54) is 0 Å². The molecule has 0 fully saturated rings. The third kappa shape index (κ3) is 16.5. The highest BCUT2D eigenvalue weighted by molar-refractivity contribution is 6.04. The molecule has 2 aliphatic rings. The normalized spacial score (nSPS) is 13.2. The third-order valence-electron chi connectivity index (χ3n) is 6.08. The van der Waals surface area contributed by atoms with Crippen LogP contribution in [0.4, 0.5) is 11.4 Å². The van der Waals surface area contributed by atoms with Crippen LogP contribution in [0, 0.1) is 0 Å². The minimum atomic E-state index is -0.938. The van der Waals surface area contributed by atoms with Crippen LogP contribution in [0.15, 0.2) is 110 Å². The van der Waals surface area contributed by atoms with Crippen LogP contribution in [-0.4, -0.2) is 40.6 Å². The number of anilines is 2. The first-order valence-electron chi connectivity index (χ1n) is 16.3. The average Bonchev–Trinajstić information content (AvgIpc) is 3.67. The molecule has 0 spiro atoms. The van der Waals surface area contributed by atoms with Gasteiger partial charge in [0.1, 0.15) is 0 Å². The van der Waals surface area contributed by atoms with E-state index in [-0.39, 0.29) is 38.8 Å². The Morgan fingerprint density at radius 3 is 1.67 bits per heavy atom. The van der Waals surface area contributed by atoms with E-state index in [0.717, 1.165) is 17.1 Å². The topological polar surface area (TPSA) is 167 Å². The largest absolute Gasteiger partial charge is 0.481 e. The van der Waals surface area contributed by atoms with Crippen molar-refractivity contribution in [2.24, 2.45) is 0 Å². The molecule has 0 bridgehead atoms. The zero-order valence-corrected chi connectivity index (χ0v) is 30.0. The summed E-state index contributed by atoms with van der Waals surface area (Å²) in [5.41, 5.74) is 10.9. The Morgan fingerprint density at radius 1 is 0.673 bits per heavy atom. The lowest BCUT2D eigenvalue weighted by Gasteiger charge is -2.07. The minimum Gasteiger partial charge on any atom is -0.481 e. The molecule has 280 valence electrons. The Morgan fingerprint density at radius 2 is 1.13 bits per heavy atom. The van der Waals surface area contributed by atoms with Gasteiger partial charge >= 0.3 is 11.9 Å². The number of rotatable bonds is 6. The van der Waals surface area contributed by atoms with Gasteiger partial charge in [-0.2, -0.15) is 0 Å². The van der Waals surface area contributed by atoms with Crippen molar-refractivity contribution in [3.05, 3.63) is 127 Å². The van der Waals surface area contributed by atoms with Crippen molar-refractivity contribution < 1.29 is 43.5 Å². The number of nitrogens with one attached hydrogen (secondary N) is 1. The van der Waals surface area contributed by atoms with Crippen LogP contribution in [0.2, 0.25) is 0 Å². The summed E-state index contributed by atoms with van der Waals surface area (Å²) in [6.07, 6.45) is -0.542. The lowest BCUT2D eigenvalue weighted by atomic mass is 10.1. The van der Waals surface area contributed by atoms with Crippen molar-refractivity contribution in [1.82, 2.24) is 0 Å². The van der Waals surface area contributed by atoms with Gasteiger partial charge in [0, 0.05) is 42.9 Å². The van der Waals surface area contributed by atoms with Crippen molar-refractivity contribution in [2.75, 3.05) is 11.1 Å². The maximum atomic E-state index is 12.3. The highest BCUT2D eigenvalue weighted by atomic mass is 16.7. The van der Waals surface area contributed by atoms with Gasteiger partial charge < -0.3 is 40.2 Å². The number of carbonyl (C=O) groups is 3. The van der Waals surface area contributed by atoms with Crippen molar-refractivity contribution in [1.29, 1.82) is 0 Å². The molecule has 6 rings (SSSR count). The van der Waals surface area contributed by atoms with Gasteiger partial charge in [0.15, 0.2) is 23.0 Å². The van der Waals surface area contributed by atoms with E-state index >= 15 is 0 Å². The first-order valence-corrected chi connectivity index (χ1v) is 16.3. The molecule has 0 aliphatic carbocycles. The fourth-order valence-corrected chi connectivity index (χ4v) is 4.22. The molecule has 5 N–H and O–H groups in total. The SMILES string of the molecule is C.C=C=C.CC.CC.CC1Oc2ccc(N)cc2O1.CC1Oc2ccc(NC(=O)c3cccc(CC(=O)O)c3)cc2O1.O=C(O)Cc1ccccc1. The van der Waals surface area contributed by atoms with Crippen LogP contribution < -0.4 is 30.0 Å². The lowest BCUT2D eigenvalue weighted by molar-refractivity contribution is -0.137. The number of carboxylic acid groups (broad SMARTS) is 2. The Balaban J connectivity index is 0.000000752. The number of amides is 1. The second-order valence-corrected chi connectivity index (χ2v) is 10.0. The van der Waals surface area contributed by atoms with E-state index in [1.807, 2.05) is 58.9 Å². The molecule has 0 radical (unpaired) electrons. The molecule has 11 nitrogen and oxygen atoms in total. The lowest BCUT2D eigenvalue weighted by Crippen LogP contribution is -2.12. The molecule has 2 aliphatic heterocycles. The molecular formula is C41H52N2O9. The van der Waals surface area contributed by atoms with E-state index in [9.17, 15) is 14.4 Å². The number of aliphatic carboxylic acids is 2.